The molecule has 1 aromatic carbocycles. The van der Waals surface area contributed by atoms with E-state index < -0.39 is 18.4 Å². The van der Waals surface area contributed by atoms with Gasteiger partial charge in [0.25, 0.3) is 5.91 Å². The Balaban J connectivity index is 2.34. The molecule has 2 rings (SSSR count). The zero-order valence-corrected chi connectivity index (χ0v) is 11.9. The van der Waals surface area contributed by atoms with Crippen molar-refractivity contribution in [3.63, 3.8) is 0 Å². The molecule has 2 aromatic rings. The highest BCUT2D eigenvalue weighted by molar-refractivity contribution is 9.10. The lowest BCUT2D eigenvalue weighted by Gasteiger charge is -2.20. The van der Waals surface area contributed by atoms with Crippen molar-refractivity contribution in [3.8, 4) is 0 Å². The summed E-state index contributed by atoms with van der Waals surface area (Å²) in [6.45, 7) is -0.416. The lowest BCUT2D eigenvalue weighted by molar-refractivity contribution is -0.135. The van der Waals surface area contributed by atoms with E-state index >= 15 is 0 Å². The molecule has 1 heterocycles. The summed E-state index contributed by atoms with van der Waals surface area (Å²) in [5.41, 5.74) is 0.711. The second-order valence-corrected chi connectivity index (χ2v) is 4.90. The number of pyridine rings is 1. The fraction of sp³-hybridized carbons (Fsp3) is 0.0714. The van der Waals surface area contributed by atoms with Crippen LogP contribution in [0.25, 0.3) is 0 Å². The predicted molar refractivity (Wildman–Crippen MR) is 77.7 cm³/mol. The van der Waals surface area contributed by atoms with Gasteiger partial charge in [-0.25, -0.2) is 4.98 Å². The summed E-state index contributed by atoms with van der Waals surface area (Å²) >= 11 is 3.24. The molecule has 5 nitrogen and oxygen atoms in total. The molecule has 0 bridgehead atoms. The van der Waals surface area contributed by atoms with E-state index in [-0.39, 0.29) is 5.69 Å². The smallest absolute Gasteiger partial charge is 0.323 e. The average molecular weight is 335 g/mol. The maximum absolute atomic E-state index is 12.4. The highest BCUT2D eigenvalue weighted by Crippen LogP contribution is 2.16. The van der Waals surface area contributed by atoms with Crippen LogP contribution in [0.5, 0.6) is 0 Å². The number of rotatable bonds is 4. The Labute approximate surface area is 124 Å². The molecule has 0 aliphatic carbocycles. The predicted octanol–water partition coefficient (Wildman–Crippen LogP) is 2.58. The van der Waals surface area contributed by atoms with Crippen molar-refractivity contribution in [2.75, 3.05) is 11.4 Å². The van der Waals surface area contributed by atoms with Gasteiger partial charge in [-0.1, -0.05) is 18.2 Å². The Morgan fingerprint density at radius 2 is 1.85 bits per heavy atom. The number of halogens is 1. The number of carboxylic acid groups (broad SMARTS) is 1. The van der Waals surface area contributed by atoms with E-state index in [1.54, 1.807) is 42.5 Å². The third-order valence-corrected chi connectivity index (χ3v) is 3.02. The van der Waals surface area contributed by atoms with E-state index in [0.717, 1.165) is 4.47 Å². The number of amides is 1. The number of aromatic nitrogens is 1. The fourth-order valence-corrected chi connectivity index (χ4v) is 1.90. The van der Waals surface area contributed by atoms with E-state index in [2.05, 4.69) is 20.9 Å². The van der Waals surface area contributed by atoms with Crippen LogP contribution in [-0.2, 0) is 4.79 Å². The van der Waals surface area contributed by atoms with E-state index in [9.17, 15) is 9.59 Å². The van der Waals surface area contributed by atoms with Crippen LogP contribution >= 0.6 is 15.9 Å². The number of aliphatic carboxylic acids is 1. The highest BCUT2D eigenvalue weighted by atomic mass is 79.9. The van der Waals surface area contributed by atoms with Gasteiger partial charge in [0.2, 0.25) is 0 Å². The first-order valence-corrected chi connectivity index (χ1v) is 6.57. The number of hydrogen-bond acceptors (Lipinski definition) is 3. The van der Waals surface area contributed by atoms with Gasteiger partial charge >= 0.3 is 5.97 Å². The monoisotopic (exact) mass is 334 g/mol. The van der Waals surface area contributed by atoms with E-state index in [4.69, 9.17) is 5.11 Å². The third kappa shape index (κ3) is 3.42. The molecule has 0 fully saturated rings. The van der Waals surface area contributed by atoms with Crippen LogP contribution in [0.15, 0.2) is 53.1 Å². The maximum atomic E-state index is 12.4. The number of nitrogens with zero attached hydrogens (tertiary/aromatic N) is 2. The summed E-state index contributed by atoms with van der Waals surface area (Å²) in [5, 5.41) is 8.96. The topological polar surface area (TPSA) is 70.5 Å². The molecule has 1 amide bonds. The summed E-state index contributed by atoms with van der Waals surface area (Å²) < 4.78 is 0.749. The minimum absolute atomic E-state index is 0.193. The Morgan fingerprint density at radius 3 is 2.40 bits per heavy atom. The van der Waals surface area contributed by atoms with Crippen LogP contribution in [0.4, 0.5) is 5.69 Å². The van der Waals surface area contributed by atoms with Crippen molar-refractivity contribution in [1.29, 1.82) is 0 Å². The minimum atomic E-state index is -1.08. The number of para-hydroxylation sites is 1. The number of carbonyl (C=O) groups is 2. The van der Waals surface area contributed by atoms with Gasteiger partial charge in [-0.05, 0) is 40.2 Å². The van der Waals surface area contributed by atoms with Gasteiger partial charge in [0.15, 0.2) is 0 Å². The Hall–Kier alpha value is -2.21. The van der Waals surface area contributed by atoms with E-state index in [1.165, 1.54) is 11.1 Å². The van der Waals surface area contributed by atoms with Crippen molar-refractivity contribution >= 4 is 33.5 Å². The van der Waals surface area contributed by atoms with Gasteiger partial charge in [-0.3, -0.25) is 14.5 Å². The molecule has 0 aliphatic heterocycles. The molecule has 6 heteroatoms. The summed E-state index contributed by atoms with van der Waals surface area (Å²) in [6, 6.07) is 11.9. The normalized spacial score (nSPS) is 10.1. The van der Waals surface area contributed by atoms with Crippen molar-refractivity contribution in [2.24, 2.45) is 0 Å². The molecular weight excluding hydrogens is 324 g/mol. The summed E-state index contributed by atoms with van der Waals surface area (Å²) in [5.74, 6) is -1.54. The molecule has 0 saturated heterocycles. The standard InChI is InChI=1S/C14H11BrN2O3/c15-10-6-7-12(16-8-10)14(20)17(9-13(18)19)11-4-2-1-3-5-11/h1-8H,9H2,(H,18,19). The second kappa shape index (κ2) is 6.29. The number of benzene rings is 1. The lowest BCUT2D eigenvalue weighted by Crippen LogP contribution is -2.36. The number of carbonyl (C=O) groups excluding carboxylic acids is 1. The molecule has 0 spiro atoms. The summed E-state index contributed by atoms with van der Waals surface area (Å²) in [4.78, 5) is 28.5. The highest BCUT2D eigenvalue weighted by Gasteiger charge is 2.21. The van der Waals surface area contributed by atoms with Gasteiger partial charge < -0.3 is 5.11 Å². The molecule has 102 valence electrons. The van der Waals surface area contributed by atoms with Gasteiger partial charge in [-0.2, -0.15) is 0 Å². The molecule has 20 heavy (non-hydrogen) atoms. The Bertz CT molecular complexity index is 614. The van der Waals surface area contributed by atoms with Crippen LogP contribution in [0.3, 0.4) is 0 Å². The van der Waals surface area contributed by atoms with E-state index in [1.807, 2.05) is 0 Å². The summed E-state index contributed by atoms with van der Waals surface area (Å²) in [6.07, 6.45) is 1.50. The molecule has 0 radical (unpaired) electrons. The largest absolute Gasteiger partial charge is 0.480 e. The van der Waals surface area contributed by atoms with Crippen LogP contribution in [0, 0.1) is 0 Å². The zero-order chi connectivity index (χ0) is 14.5. The van der Waals surface area contributed by atoms with Crippen LogP contribution < -0.4 is 4.90 Å². The van der Waals surface area contributed by atoms with Gasteiger partial charge in [0.05, 0.1) is 0 Å². The fourth-order valence-electron chi connectivity index (χ4n) is 1.66. The van der Waals surface area contributed by atoms with Crippen molar-refractivity contribution in [2.45, 2.75) is 0 Å². The van der Waals surface area contributed by atoms with Crippen molar-refractivity contribution in [3.05, 3.63) is 58.8 Å². The van der Waals surface area contributed by atoms with Crippen LogP contribution in [0.2, 0.25) is 0 Å². The number of carboxylic acids is 1. The van der Waals surface area contributed by atoms with Crippen molar-refractivity contribution < 1.29 is 14.7 Å². The summed E-state index contributed by atoms with van der Waals surface area (Å²) in [7, 11) is 0. The second-order valence-electron chi connectivity index (χ2n) is 3.98. The Kier molecular flexibility index (Phi) is 4.47. The van der Waals surface area contributed by atoms with Gasteiger partial charge in [0.1, 0.15) is 12.2 Å². The minimum Gasteiger partial charge on any atom is -0.480 e. The number of hydrogen-bond donors (Lipinski definition) is 1. The SMILES string of the molecule is O=C(O)CN(C(=O)c1ccc(Br)cn1)c1ccccc1. The first-order valence-electron chi connectivity index (χ1n) is 5.78. The van der Waals surface area contributed by atoms with Crippen LogP contribution in [0.1, 0.15) is 10.5 Å². The van der Waals surface area contributed by atoms with E-state index in [0.29, 0.717) is 5.69 Å². The molecule has 1 N–H and O–H groups in total. The van der Waals surface area contributed by atoms with Gasteiger partial charge in [0, 0.05) is 16.4 Å². The molecule has 1 aromatic heterocycles. The molecule has 0 saturated carbocycles. The lowest BCUT2D eigenvalue weighted by atomic mass is 10.2. The van der Waals surface area contributed by atoms with Crippen LogP contribution in [-0.4, -0.2) is 28.5 Å². The van der Waals surface area contributed by atoms with Gasteiger partial charge in [-0.15, -0.1) is 0 Å². The molecular formula is C14H11BrN2O3. The first-order chi connectivity index (χ1) is 9.58. The maximum Gasteiger partial charge on any atom is 0.323 e. The third-order valence-electron chi connectivity index (χ3n) is 2.55. The average Bonchev–Trinajstić information content (AvgIpc) is 2.45. The Morgan fingerprint density at radius 1 is 1.15 bits per heavy atom. The number of anilines is 1. The molecule has 0 unspecified atom stereocenters. The van der Waals surface area contributed by atoms with Crippen molar-refractivity contribution in [1.82, 2.24) is 4.98 Å². The quantitative estimate of drug-likeness (QED) is 0.932. The molecule has 0 aliphatic rings. The zero-order valence-electron chi connectivity index (χ0n) is 10.4. The molecule has 0 atom stereocenters. The first kappa shape index (κ1) is 14.2.